The molecule has 0 N–H and O–H groups in total. The van der Waals surface area contributed by atoms with Crippen molar-refractivity contribution in [2.75, 3.05) is 43.4 Å². The average molecular weight is 475 g/mol. The Kier molecular flexibility index (Phi) is 7.38. The van der Waals surface area contributed by atoms with Gasteiger partial charge in [0, 0.05) is 50.9 Å². The van der Waals surface area contributed by atoms with Gasteiger partial charge in [-0.3, -0.25) is 4.90 Å². The molecule has 0 bridgehead atoms. The molecule has 1 aliphatic heterocycles. The molecule has 0 spiro atoms. The molecule has 0 saturated carbocycles. The number of hydrogen-bond donors (Lipinski definition) is 0. The van der Waals surface area contributed by atoms with Gasteiger partial charge >= 0.3 is 0 Å². The summed E-state index contributed by atoms with van der Waals surface area (Å²) < 4.78 is 31.7. The predicted molar refractivity (Wildman–Crippen MR) is 122 cm³/mol. The Bertz CT molecular complexity index is 1090. The minimum Gasteiger partial charge on any atom is -0.414 e. The molecule has 9 nitrogen and oxygen atoms in total. The predicted octanol–water partition coefficient (Wildman–Crippen LogP) is 2.70. The number of piperazine rings is 1. The Balaban J connectivity index is 1.28. The highest BCUT2D eigenvalue weighted by Crippen LogP contribution is 2.32. The van der Waals surface area contributed by atoms with Crippen molar-refractivity contribution in [1.82, 2.24) is 25.1 Å². The van der Waals surface area contributed by atoms with Gasteiger partial charge in [0.15, 0.2) is 9.84 Å². The summed E-state index contributed by atoms with van der Waals surface area (Å²) in [4.78, 5) is 13.4. The number of nitrogens with zero attached hydrogens (tertiary/aromatic N) is 6. The highest BCUT2D eigenvalue weighted by Gasteiger charge is 2.32. The summed E-state index contributed by atoms with van der Waals surface area (Å²) in [6.45, 7) is 6.32. The zero-order chi connectivity index (χ0) is 22.4. The second-order valence-corrected chi connectivity index (χ2v) is 10.6. The van der Waals surface area contributed by atoms with Crippen molar-refractivity contribution in [3.8, 4) is 0 Å². The standard InChI is InChI=1S/C21H26N6O3S2/c1-2-18(32(28,29)17-7-4-3-5-8-17)19-24-25-21(30-19)31-16-15-26-11-13-27(14-12-26)20-22-9-6-10-23-20/h3-10,18H,2,11-16H2,1H3. The van der Waals surface area contributed by atoms with E-state index in [-0.39, 0.29) is 10.8 Å². The molecule has 1 fully saturated rings. The van der Waals surface area contributed by atoms with E-state index in [4.69, 9.17) is 4.42 Å². The first-order valence-corrected chi connectivity index (χ1v) is 13.1. The monoisotopic (exact) mass is 474 g/mol. The molecule has 0 aliphatic carbocycles. The van der Waals surface area contributed by atoms with E-state index in [0.717, 1.165) is 44.4 Å². The van der Waals surface area contributed by atoms with Crippen LogP contribution in [0.15, 0.2) is 63.3 Å². The molecule has 32 heavy (non-hydrogen) atoms. The molecule has 11 heteroatoms. The van der Waals surface area contributed by atoms with Gasteiger partial charge in [0.2, 0.25) is 11.8 Å². The van der Waals surface area contributed by atoms with E-state index in [9.17, 15) is 8.42 Å². The van der Waals surface area contributed by atoms with E-state index in [1.165, 1.54) is 11.8 Å². The highest BCUT2D eigenvalue weighted by atomic mass is 32.2. The molecule has 0 amide bonds. The fourth-order valence-electron chi connectivity index (χ4n) is 3.60. The Labute approximate surface area is 192 Å². The molecule has 1 saturated heterocycles. The number of aromatic nitrogens is 4. The van der Waals surface area contributed by atoms with Gasteiger partial charge in [-0.2, -0.15) is 0 Å². The second kappa shape index (κ2) is 10.4. The smallest absolute Gasteiger partial charge is 0.276 e. The van der Waals surface area contributed by atoms with Crippen LogP contribution in [0.5, 0.6) is 0 Å². The minimum atomic E-state index is -3.59. The van der Waals surface area contributed by atoms with Gasteiger partial charge in [0.25, 0.3) is 5.22 Å². The van der Waals surface area contributed by atoms with Crippen molar-refractivity contribution in [2.24, 2.45) is 0 Å². The van der Waals surface area contributed by atoms with Gasteiger partial charge in [0.05, 0.1) is 4.90 Å². The minimum absolute atomic E-state index is 0.148. The fourth-order valence-corrected chi connectivity index (χ4v) is 6.03. The third-order valence-electron chi connectivity index (χ3n) is 5.35. The van der Waals surface area contributed by atoms with E-state index in [2.05, 4.69) is 30.0 Å². The van der Waals surface area contributed by atoms with Crippen LogP contribution in [0.4, 0.5) is 5.95 Å². The highest BCUT2D eigenvalue weighted by molar-refractivity contribution is 7.99. The van der Waals surface area contributed by atoms with Crippen LogP contribution >= 0.6 is 11.8 Å². The van der Waals surface area contributed by atoms with Crippen LogP contribution in [0, 0.1) is 0 Å². The van der Waals surface area contributed by atoms with E-state index in [1.807, 2.05) is 13.0 Å². The summed E-state index contributed by atoms with van der Waals surface area (Å²) in [5, 5.41) is 7.66. The lowest BCUT2D eigenvalue weighted by Gasteiger charge is -2.34. The van der Waals surface area contributed by atoms with Crippen molar-refractivity contribution in [2.45, 2.75) is 28.7 Å². The summed E-state index contributed by atoms with van der Waals surface area (Å²) in [6, 6.07) is 10.2. The normalized spacial score (nSPS) is 16.2. The molecular formula is C21H26N6O3S2. The maximum Gasteiger partial charge on any atom is 0.276 e. The zero-order valence-corrected chi connectivity index (χ0v) is 19.5. The first-order valence-electron chi connectivity index (χ1n) is 10.6. The van der Waals surface area contributed by atoms with Crippen molar-refractivity contribution in [3.63, 3.8) is 0 Å². The van der Waals surface area contributed by atoms with E-state index < -0.39 is 15.1 Å². The van der Waals surface area contributed by atoms with Gasteiger partial charge in [-0.05, 0) is 24.6 Å². The Morgan fingerprint density at radius 3 is 2.44 bits per heavy atom. The number of thioether (sulfide) groups is 1. The first kappa shape index (κ1) is 22.7. The molecule has 1 aliphatic rings. The van der Waals surface area contributed by atoms with E-state index >= 15 is 0 Å². The number of benzene rings is 1. The number of anilines is 1. The third kappa shape index (κ3) is 5.28. The molecule has 4 rings (SSSR count). The van der Waals surface area contributed by atoms with Crippen LogP contribution in [0.25, 0.3) is 0 Å². The zero-order valence-electron chi connectivity index (χ0n) is 17.9. The van der Waals surface area contributed by atoms with Crippen LogP contribution in [0.2, 0.25) is 0 Å². The SMILES string of the molecule is CCC(c1nnc(SCCN2CCN(c3ncccn3)CC2)o1)S(=O)(=O)c1ccccc1. The molecule has 1 aromatic carbocycles. The number of hydrogen-bond acceptors (Lipinski definition) is 10. The first-order chi connectivity index (χ1) is 15.6. The summed E-state index contributed by atoms with van der Waals surface area (Å²) in [5.74, 6) is 1.71. The van der Waals surface area contributed by atoms with E-state index in [1.54, 1.807) is 42.7 Å². The Morgan fingerprint density at radius 2 is 1.75 bits per heavy atom. The molecule has 3 aromatic rings. The molecule has 2 aromatic heterocycles. The average Bonchev–Trinajstić information content (AvgIpc) is 3.29. The molecule has 1 atom stereocenters. The van der Waals surface area contributed by atoms with Gasteiger partial charge in [-0.1, -0.05) is 36.9 Å². The van der Waals surface area contributed by atoms with Crippen molar-refractivity contribution < 1.29 is 12.8 Å². The largest absolute Gasteiger partial charge is 0.414 e. The molecule has 1 unspecified atom stereocenters. The quantitative estimate of drug-likeness (QED) is 0.430. The Morgan fingerprint density at radius 1 is 1.03 bits per heavy atom. The molecule has 170 valence electrons. The lowest BCUT2D eigenvalue weighted by molar-refractivity contribution is 0.271. The fraction of sp³-hybridized carbons (Fsp3) is 0.429. The van der Waals surface area contributed by atoms with Crippen LogP contribution in [-0.2, 0) is 9.84 Å². The van der Waals surface area contributed by atoms with Gasteiger partial charge in [-0.15, -0.1) is 10.2 Å². The van der Waals surface area contributed by atoms with Crippen LogP contribution in [0.3, 0.4) is 0 Å². The van der Waals surface area contributed by atoms with Crippen molar-refractivity contribution in [3.05, 3.63) is 54.7 Å². The van der Waals surface area contributed by atoms with Gasteiger partial charge in [0.1, 0.15) is 5.25 Å². The third-order valence-corrected chi connectivity index (χ3v) is 8.37. The maximum atomic E-state index is 13.0. The van der Waals surface area contributed by atoms with Gasteiger partial charge < -0.3 is 9.32 Å². The second-order valence-electron chi connectivity index (χ2n) is 7.39. The lowest BCUT2D eigenvalue weighted by atomic mass is 10.3. The summed E-state index contributed by atoms with van der Waals surface area (Å²) in [6.07, 6.45) is 3.88. The summed E-state index contributed by atoms with van der Waals surface area (Å²) in [7, 11) is -3.59. The maximum absolute atomic E-state index is 13.0. The number of sulfone groups is 1. The van der Waals surface area contributed by atoms with Gasteiger partial charge in [-0.25, -0.2) is 18.4 Å². The van der Waals surface area contributed by atoms with Crippen LogP contribution in [-0.4, -0.2) is 72.0 Å². The molecular weight excluding hydrogens is 448 g/mol. The topological polar surface area (TPSA) is 105 Å². The Hall–Kier alpha value is -2.50. The van der Waals surface area contributed by atoms with Crippen LogP contribution < -0.4 is 4.90 Å². The van der Waals surface area contributed by atoms with E-state index in [0.29, 0.717) is 11.6 Å². The van der Waals surface area contributed by atoms with Crippen molar-refractivity contribution >= 4 is 27.5 Å². The summed E-state index contributed by atoms with van der Waals surface area (Å²) in [5.41, 5.74) is 0. The number of rotatable bonds is 9. The molecule has 3 heterocycles. The van der Waals surface area contributed by atoms with Crippen LogP contribution in [0.1, 0.15) is 24.5 Å². The van der Waals surface area contributed by atoms with Crippen molar-refractivity contribution in [1.29, 1.82) is 0 Å². The lowest BCUT2D eigenvalue weighted by Crippen LogP contribution is -2.47. The summed E-state index contributed by atoms with van der Waals surface area (Å²) >= 11 is 1.45. The molecule has 0 radical (unpaired) electrons.